The molecule has 1 saturated carbocycles. The third-order valence-corrected chi connectivity index (χ3v) is 5.78. The highest BCUT2D eigenvalue weighted by Gasteiger charge is 2.48. The minimum Gasteiger partial charge on any atom is -0.497 e. The van der Waals surface area contributed by atoms with Gasteiger partial charge in [0.05, 0.1) is 19.3 Å². The first-order valence-corrected chi connectivity index (χ1v) is 9.43. The summed E-state index contributed by atoms with van der Waals surface area (Å²) in [5, 5.41) is 0. The Bertz CT molecular complexity index is 695. The molecule has 0 bridgehead atoms. The standard InChI is InChI=1S/C20H26N2O4/c1-25-17-4-2-3-16(11-17)19(24)21-9-7-18(23)22(12-15-5-6-15)20(13-21)8-10-26-14-20/h2-4,11,15H,5-10,12-14H2,1H3. The fraction of sp³-hybridized carbons (Fsp3) is 0.600. The van der Waals surface area contributed by atoms with Crippen LogP contribution in [0.4, 0.5) is 0 Å². The molecule has 0 N–H and O–H groups in total. The number of methoxy groups -OCH3 is 1. The summed E-state index contributed by atoms with van der Waals surface area (Å²) in [6, 6.07) is 7.21. The van der Waals surface area contributed by atoms with Gasteiger partial charge in [-0.05, 0) is 43.4 Å². The van der Waals surface area contributed by atoms with Crippen molar-refractivity contribution < 1.29 is 19.1 Å². The molecule has 1 atom stereocenters. The number of hydrogen-bond acceptors (Lipinski definition) is 4. The van der Waals surface area contributed by atoms with Gasteiger partial charge in [0, 0.05) is 38.2 Å². The Labute approximate surface area is 154 Å². The molecule has 1 aliphatic carbocycles. The zero-order chi connectivity index (χ0) is 18.1. The molecule has 2 amide bonds. The maximum atomic E-state index is 13.1. The molecule has 6 nitrogen and oxygen atoms in total. The Balaban J connectivity index is 1.59. The summed E-state index contributed by atoms with van der Waals surface area (Å²) in [6.45, 7) is 2.98. The molecule has 2 aliphatic heterocycles. The number of rotatable bonds is 4. The zero-order valence-electron chi connectivity index (χ0n) is 15.3. The van der Waals surface area contributed by atoms with Crippen molar-refractivity contribution in [2.75, 3.05) is 40.0 Å². The molecular weight excluding hydrogens is 332 g/mol. The number of carbonyl (C=O) groups is 2. The van der Waals surface area contributed by atoms with Gasteiger partial charge in [0.15, 0.2) is 0 Å². The van der Waals surface area contributed by atoms with Crippen molar-refractivity contribution in [2.45, 2.75) is 31.2 Å². The monoisotopic (exact) mass is 358 g/mol. The van der Waals surface area contributed by atoms with Crippen LogP contribution in [0.5, 0.6) is 5.75 Å². The van der Waals surface area contributed by atoms with E-state index in [1.54, 1.807) is 19.2 Å². The molecule has 4 rings (SSSR count). The quantitative estimate of drug-likeness (QED) is 0.825. The van der Waals surface area contributed by atoms with E-state index in [0.29, 0.717) is 50.0 Å². The lowest BCUT2D eigenvalue weighted by Gasteiger charge is -2.40. The van der Waals surface area contributed by atoms with Crippen LogP contribution in [0.2, 0.25) is 0 Å². The van der Waals surface area contributed by atoms with Crippen LogP contribution in [-0.2, 0) is 9.53 Å². The van der Waals surface area contributed by atoms with Crippen molar-refractivity contribution in [3.63, 3.8) is 0 Å². The number of nitrogens with zero attached hydrogens (tertiary/aromatic N) is 2. The van der Waals surface area contributed by atoms with E-state index >= 15 is 0 Å². The summed E-state index contributed by atoms with van der Waals surface area (Å²) in [6.07, 6.45) is 3.58. The van der Waals surface area contributed by atoms with E-state index in [9.17, 15) is 9.59 Å². The number of amides is 2. The average molecular weight is 358 g/mol. The van der Waals surface area contributed by atoms with Crippen LogP contribution in [-0.4, -0.2) is 67.1 Å². The maximum Gasteiger partial charge on any atom is 0.254 e. The van der Waals surface area contributed by atoms with Crippen molar-refractivity contribution in [1.82, 2.24) is 9.80 Å². The summed E-state index contributed by atoms with van der Waals surface area (Å²) in [7, 11) is 1.59. The highest BCUT2D eigenvalue weighted by molar-refractivity contribution is 5.95. The normalized spacial score (nSPS) is 26.3. The molecule has 1 aromatic carbocycles. The second-order valence-electron chi connectivity index (χ2n) is 7.68. The molecule has 26 heavy (non-hydrogen) atoms. The van der Waals surface area contributed by atoms with Gasteiger partial charge in [-0.15, -0.1) is 0 Å². The Morgan fingerprint density at radius 1 is 1.38 bits per heavy atom. The van der Waals surface area contributed by atoms with E-state index in [1.165, 1.54) is 12.8 Å². The van der Waals surface area contributed by atoms with Gasteiger partial charge in [0.25, 0.3) is 5.91 Å². The summed E-state index contributed by atoms with van der Waals surface area (Å²) < 4.78 is 10.9. The SMILES string of the molecule is COc1cccc(C(=O)N2CCC(=O)N(CC3CC3)C3(CCOC3)C2)c1. The third kappa shape index (κ3) is 3.30. The molecule has 3 aliphatic rings. The van der Waals surface area contributed by atoms with Crippen molar-refractivity contribution in [1.29, 1.82) is 0 Å². The number of hydrogen-bond donors (Lipinski definition) is 0. The molecule has 2 heterocycles. The predicted octanol–water partition coefficient (Wildman–Crippen LogP) is 1.94. The predicted molar refractivity (Wildman–Crippen MR) is 96.1 cm³/mol. The fourth-order valence-corrected chi connectivity index (χ4v) is 4.05. The van der Waals surface area contributed by atoms with E-state index in [1.807, 2.05) is 21.9 Å². The van der Waals surface area contributed by atoms with Crippen LogP contribution in [0.3, 0.4) is 0 Å². The minimum atomic E-state index is -0.370. The van der Waals surface area contributed by atoms with Crippen LogP contribution in [0.15, 0.2) is 24.3 Å². The number of carbonyl (C=O) groups excluding carboxylic acids is 2. The zero-order valence-corrected chi connectivity index (χ0v) is 15.3. The average Bonchev–Trinajstić information content (AvgIpc) is 3.40. The Hall–Kier alpha value is -2.08. The van der Waals surface area contributed by atoms with Gasteiger partial charge in [-0.25, -0.2) is 0 Å². The highest BCUT2D eigenvalue weighted by atomic mass is 16.5. The first kappa shape index (κ1) is 17.3. The molecule has 3 fully saturated rings. The molecule has 140 valence electrons. The minimum absolute atomic E-state index is 0.0451. The lowest BCUT2D eigenvalue weighted by Crippen LogP contribution is -2.57. The van der Waals surface area contributed by atoms with Gasteiger partial charge in [0.2, 0.25) is 5.91 Å². The molecular formula is C20H26N2O4. The van der Waals surface area contributed by atoms with Crippen LogP contribution in [0.25, 0.3) is 0 Å². The highest BCUT2D eigenvalue weighted by Crippen LogP contribution is 2.37. The van der Waals surface area contributed by atoms with Crippen molar-refractivity contribution in [3.8, 4) is 5.75 Å². The molecule has 2 saturated heterocycles. The Morgan fingerprint density at radius 3 is 2.92 bits per heavy atom. The lowest BCUT2D eigenvalue weighted by molar-refractivity contribution is -0.136. The largest absolute Gasteiger partial charge is 0.497 e. The molecule has 1 spiro atoms. The summed E-state index contributed by atoms with van der Waals surface area (Å²) >= 11 is 0. The van der Waals surface area contributed by atoms with Gasteiger partial charge >= 0.3 is 0 Å². The van der Waals surface area contributed by atoms with E-state index in [-0.39, 0.29) is 17.4 Å². The van der Waals surface area contributed by atoms with Crippen LogP contribution < -0.4 is 4.74 Å². The first-order valence-electron chi connectivity index (χ1n) is 9.43. The Morgan fingerprint density at radius 2 is 2.23 bits per heavy atom. The van der Waals surface area contributed by atoms with Crippen molar-refractivity contribution in [3.05, 3.63) is 29.8 Å². The van der Waals surface area contributed by atoms with E-state index in [2.05, 4.69) is 0 Å². The number of ether oxygens (including phenoxy) is 2. The van der Waals surface area contributed by atoms with Crippen LogP contribution in [0.1, 0.15) is 36.0 Å². The van der Waals surface area contributed by atoms with Crippen molar-refractivity contribution in [2.24, 2.45) is 5.92 Å². The molecule has 1 unspecified atom stereocenters. The molecule has 0 radical (unpaired) electrons. The topological polar surface area (TPSA) is 59.1 Å². The summed E-state index contributed by atoms with van der Waals surface area (Å²) in [5.41, 5.74) is 0.228. The van der Waals surface area contributed by atoms with Gasteiger partial charge < -0.3 is 19.3 Å². The van der Waals surface area contributed by atoms with Crippen LogP contribution >= 0.6 is 0 Å². The molecule has 1 aromatic rings. The number of benzene rings is 1. The lowest BCUT2D eigenvalue weighted by atomic mass is 9.94. The van der Waals surface area contributed by atoms with Gasteiger partial charge in [-0.1, -0.05) is 6.07 Å². The first-order chi connectivity index (χ1) is 12.6. The van der Waals surface area contributed by atoms with Gasteiger partial charge in [-0.3, -0.25) is 9.59 Å². The summed E-state index contributed by atoms with van der Waals surface area (Å²) in [5.74, 6) is 1.40. The summed E-state index contributed by atoms with van der Waals surface area (Å²) in [4.78, 5) is 29.8. The fourth-order valence-electron chi connectivity index (χ4n) is 4.05. The van der Waals surface area contributed by atoms with Crippen molar-refractivity contribution >= 4 is 11.8 Å². The van der Waals surface area contributed by atoms with E-state index < -0.39 is 0 Å². The smallest absolute Gasteiger partial charge is 0.254 e. The second kappa shape index (κ2) is 6.91. The van der Waals surface area contributed by atoms with E-state index in [4.69, 9.17) is 9.47 Å². The second-order valence-corrected chi connectivity index (χ2v) is 7.68. The Kier molecular flexibility index (Phi) is 4.61. The van der Waals surface area contributed by atoms with Crippen LogP contribution in [0, 0.1) is 5.92 Å². The maximum absolute atomic E-state index is 13.1. The molecule has 6 heteroatoms. The third-order valence-electron chi connectivity index (χ3n) is 5.78. The van der Waals surface area contributed by atoms with E-state index in [0.717, 1.165) is 13.0 Å². The van der Waals surface area contributed by atoms with Gasteiger partial charge in [-0.2, -0.15) is 0 Å². The van der Waals surface area contributed by atoms with Gasteiger partial charge in [0.1, 0.15) is 5.75 Å². The molecule has 0 aromatic heterocycles.